The monoisotopic (exact) mass is 385 g/mol. The van der Waals surface area contributed by atoms with Gasteiger partial charge in [0.1, 0.15) is 11.2 Å². The van der Waals surface area contributed by atoms with E-state index in [1.807, 2.05) is 17.5 Å². The molecule has 0 amide bonds. The summed E-state index contributed by atoms with van der Waals surface area (Å²) in [6, 6.07) is 15.1. The van der Waals surface area contributed by atoms with E-state index in [1.54, 1.807) is 0 Å². The summed E-state index contributed by atoms with van der Waals surface area (Å²) in [5, 5.41) is 3.58. The highest BCUT2D eigenvalue weighted by molar-refractivity contribution is 7.19. The lowest BCUT2D eigenvalue weighted by molar-refractivity contribution is 0.589. The van der Waals surface area contributed by atoms with E-state index in [2.05, 4.69) is 82.1 Å². The van der Waals surface area contributed by atoms with Gasteiger partial charge in [-0.25, -0.2) is 0 Å². The summed E-state index contributed by atoms with van der Waals surface area (Å²) in [5.74, 6) is 0. The number of aryl methyl sites for hydroxylation is 2. The number of nitrogens with zero attached hydrogens (tertiary/aromatic N) is 1. The van der Waals surface area contributed by atoms with Gasteiger partial charge in [0.15, 0.2) is 0 Å². The molecule has 3 aromatic heterocycles. The predicted molar refractivity (Wildman–Crippen MR) is 121 cm³/mol. The molecule has 0 aliphatic carbocycles. The van der Waals surface area contributed by atoms with Gasteiger partial charge in [-0.1, -0.05) is 32.9 Å². The zero-order chi connectivity index (χ0) is 19.6. The van der Waals surface area contributed by atoms with Gasteiger partial charge < -0.3 is 4.42 Å². The minimum absolute atomic E-state index is 0.0803. The van der Waals surface area contributed by atoms with Crippen LogP contribution in [0.3, 0.4) is 0 Å². The largest absolute Gasteiger partial charge is 0.455 e. The zero-order valence-corrected chi connectivity index (χ0v) is 17.7. The maximum Gasteiger partial charge on any atom is 0.144 e. The van der Waals surface area contributed by atoms with Crippen LogP contribution < -0.4 is 0 Å². The van der Waals surface area contributed by atoms with E-state index in [0.29, 0.717) is 0 Å². The molecule has 0 atom stereocenters. The fourth-order valence-corrected chi connectivity index (χ4v) is 5.02. The Kier molecular flexibility index (Phi) is 3.69. The van der Waals surface area contributed by atoms with Crippen LogP contribution in [0.5, 0.6) is 0 Å². The van der Waals surface area contributed by atoms with Gasteiger partial charge in [-0.15, -0.1) is 11.3 Å². The number of hydrogen-bond donors (Lipinski definition) is 0. The summed E-state index contributed by atoms with van der Waals surface area (Å²) in [6.07, 6.45) is 1.90. The van der Waals surface area contributed by atoms with Crippen molar-refractivity contribution >= 4 is 43.4 Å². The molecule has 0 aliphatic heterocycles. The zero-order valence-electron chi connectivity index (χ0n) is 16.9. The standard InChI is InChI=1S/C25H23NOS/c1-14-15(2)28-21-10-9-18-17-7-6-8-19(23(17)27-24(18)22(14)21)20-13-16(11-12-26-20)25(3,4)5/h6-13H,1-5H3. The smallest absolute Gasteiger partial charge is 0.144 e. The van der Waals surface area contributed by atoms with Crippen LogP contribution >= 0.6 is 11.3 Å². The molecule has 0 aliphatic rings. The summed E-state index contributed by atoms with van der Waals surface area (Å²) in [5.41, 5.74) is 6.61. The Morgan fingerprint density at radius 1 is 0.929 bits per heavy atom. The molecule has 0 N–H and O–H groups in total. The molecule has 28 heavy (non-hydrogen) atoms. The van der Waals surface area contributed by atoms with E-state index in [1.165, 1.54) is 31.5 Å². The Labute approximate surface area is 168 Å². The van der Waals surface area contributed by atoms with Crippen molar-refractivity contribution in [3.8, 4) is 11.3 Å². The summed E-state index contributed by atoms with van der Waals surface area (Å²) in [7, 11) is 0. The second kappa shape index (κ2) is 5.92. The quantitative estimate of drug-likeness (QED) is 0.294. The second-order valence-electron chi connectivity index (χ2n) is 8.56. The molecule has 0 radical (unpaired) electrons. The van der Waals surface area contributed by atoms with E-state index in [4.69, 9.17) is 4.42 Å². The fraction of sp³-hybridized carbons (Fsp3) is 0.240. The molecule has 3 heterocycles. The van der Waals surface area contributed by atoms with Crippen molar-refractivity contribution in [2.45, 2.75) is 40.0 Å². The molecule has 5 aromatic rings. The van der Waals surface area contributed by atoms with E-state index in [9.17, 15) is 0 Å². The molecular formula is C25H23NOS. The molecule has 140 valence electrons. The summed E-state index contributed by atoms with van der Waals surface area (Å²) in [4.78, 5) is 6.02. The second-order valence-corrected chi connectivity index (χ2v) is 9.82. The lowest BCUT2D eigenvalue weighted by atomic mass is 9.87. The number of pyridine rings is 1. The first kappa shape index (κ1) is 17.4. The Balaban J connectivity index is 1.84. The van der Waals surface area contributed by atoms with E-state index in [0.717, 1.165) is 27.8 Å². The third-order valence-electron chi connectivity index (χ3n) is 5.70. The number of hydrogen-bond acceptors (Lipinski definition) is 3. The average Bonchev–Trinajstić information content (AvgIpc) is 3.18. The minimum atomic E-state index is 0.0803. The maximum absolute atomic E-state index is 6.54. The third-order valence-corrected chi connectivity index (χ3v) is 6.87. The number of rotatable bonds is 1. The van der Waals surface area contributed by atoms with Crippen molar-refractivity contribution in [2.24, 2.45) is 0 Å². The molecule has 0 bridgehead atoms. The number of fused-ring (bicyclic) bond motifs is 5. The Morgan fingerprint density at radius 3 is 2.50 bits per heavy atom. The lowest BCUT2D eigenvalue weighted by Crippen LogP contribution is -2.11. The van der Waals surface area contributed by atoms with Crippen LogP contribution in [0, 0.1) is 13.8 Å². The van der Waals surface area contributed by atoms with Gasteiger partial charge in [-0.3, -0.25) is 4.98 Å². The van der Waals surface area contributed by atoms with E-state index >= 15 is 0 Å². The topological polar surface area (TPSA) is 26.0 Å². The van der Waals surface area contributed by atoms with Crippen molar-refractivity contribution < 1.29 is 4.42 Å². The van der Waals surface area contributed by atoms with Gasteiger partial charge in [0, 0.05) is 37.5 Å². The van der Waals surface area contributed by atoms with Crippen LogP contribution in [0.15, 0.2) is 53.1 Å². The van der Waals surface area contributed by atoms with Crippen molar-refractivity contribution in [3.05, 3.63) is 64.7 Å². The van der Waals surface area contributed by atoms with Crippen LogP contribution in [0.2, 0.25) is 0 Å². The molecule has 0 unspecified atom stereocenters. The molecule has 0 fully saturated rings. The highest BCUT2D eigenvalue weighted by Crippen LogP contribution is 2.42. The molecule has 2 nitrogen and oxygen atoms in total. The number of thiophene rings is 1. The van der Waals surface area contributed by atoms with Gasteiger partial charge >= 0.3 is 0 Å². The Morgan fingerprint density at radius 2 is 1.71 bits per heavy atom. The first-order valence-corrected chi connectivity index (χ1v) is 10.5. The molecule has 2 aromatic carbocycles. The van der Waals surface area contributed by atoms with Gasteiger partial charge in [0.25, 0.3) is 0 Å². The molecule has 0 saturated heterocycles. The van der Waals surface area contributed by atoms with Gasteiger partial charge in [0.2, 0.25) is 0 Å². The van der Waals surface area contributed by atoms with E-state index < -0.39 is 0 Å². The summed E-state index contributed by atoms with van der Waals surface area (Å²) < 4.78 is 7.83. The summed E-state index contributed by atoms with van der Waals surface area (Å²) in [6.45, 7) is 11.1. The van der Waals surface area contributed by atoms with Gasteiger partial charge in [0.05, 0.1) is 5.69 Å². The van der Waals surface area contributed by atoms with Crippen LogP contribution in [0.1, 0.15) is 36.8 Å². The lowest BCUT2D eigenvalue weighted by Gasteiger charge is -2.19. The van der Waals surface area contributed by atoms with Crippen molar-refractivity contribution in [2.75, 3.05) is 0 Å². The maximum atomic E-state index is 6.54. The van der Waals surface area contributed by atoms with Gasteiger partial charge in [-0.05, 0) is 60.7 Å². The highest BCUT2D eigenvalue weighted by Gasteiger charge is 2.19. The minimum Gasteiger partial charge on any atom is -0.455 e. The molecule has 0 saturated carbocycles. The average molecular weight is 386 g/mol. The van der Waals surface area contributed by atoms with Crippen molar-refractivity contribution in [1.82, 2.24) is 4.98 Å². The first-order chi connectivity index (χ1) is 13.3. The van der Waals surface area contributed by atoms with Gasteiger partial charge in [-0.2, -0.15) is 0 Å². The Bertz CT molecular complexity index is 1360. The number of para-hydroxylation sites is 1. The van der Waals surface area contributed by atoms with Crippen LogP contribution in [0.25, 0.3) is 43.3 Å². The molecule has 0 spiro atoms. The molecule has 3 heteroatoms. The van der Waals surface area contributed by atoms with Crippen LogP contribution in [-0.4, -0.2) is 4.98 Å². The number of aromatic nitrogens is 1. The SMILES string of the molecule is Cc1sc2ccc3c4cccc(-c5cc(C(C)(C)C)ccn5)c4oc3c2c1C. The normalized spacial score (nSPS) is 12.5. The summed E-state index contributed by atoms with van der Waals surface area (Å²) >= 11 is 1.84. The third kappa shape index (κ3) is 2.50. The van der Waals surface area contributed by atoms with E-state index in [-0.39, 0.29) is 5.41 Å². The molecular weight excluding hydrogens is 362 g/mol. The first-order valence-electron chi connectivity index (χ1n) is 9.65. The number of furan rings is 1. The highest BCUT2D eigenvalue weighted by atomic mass is 32.1. The molecule has 5 rings (SSSR count). The van der Waals surface area contributed by atoms with Crippen LogP contribution in [0.4, 0.5) is 0 Å². The fourth-order valence-electron chi connectivity index (χ4n) is 3.95. The van der Waals surface area contributed by atoms with Crippen molar-refractivity contribution in [1.29, 1.82) is 0 Å². The Hall–Kier alpha value is -2.65. The van der Waals surface area contributed by atoms with Crippen molar-refractivity contribution in [3.63, 3.8) is 0 Å². The number of benzene rings is 2. The predicted octanol–water partition coefficient (Wildman–Crippen LogP) is 7.78. The van der Waals surface area contributed by atoms with Crippen LogP contribution in [-0.2, 0) is 5.41 Å².